The van der Waals surface area contributed by atoms with Crippen LogP contribution in [0.15, 0.2) is 36.5 Å². The Balaban J connectivity index is 0.00000225. The summed E-state index contributed by atoms with van der Waals surface area (Å²) in [7, 11) is -3.28. The van der Waals surface area contributed by atoms with Crippen molar-refractivity contribution in [3.8, 4) is 0 Å². The quantitative estimate of drug-likeness (QED) is 0.864. The Hall–Kier alpha value is -2.55. The molecule has 1 aromatic heterocycles. The van der Waals surface area contributed by atoms with E-state index >= 15 is 0 Å². The molecule has 1 fully saturated rings. The molecule has 146 valence electrons. The van der Waals surface area contributed by atoms with Crippen LogP contribution < -0.4 is 9.62 Å². The Kier molecular flexibility index (Phi) is 4.55. The van der Waals surface area contributed by atoms with Gasteiger partial charge in [0.05, 0.1) is 42.5 Å². The Morgan fingerprint density at radius 1 is 1.33 bits per heavy atom. The van der Waals surface area contributed by atoms with Crippen molar-refractivity contribution in [3.63, 3.8) is 0 Å². The van der Waals surface area contributed by atoms with Crippen molar-refractivity contribution in [3.05, 3.63) is 47.8 Å². The van der Waals surface area contributed by atoms with Crippen LogP contribution in [0.5, 0.6) is 0 Å². The molecule has 3 heterocycles. The van der Waals surface area contributed by atoms with Crippen molar-refractivity contribution in [1.82, 2.24) is 20.0 Å². The molecule has 2 aromatic rings. The third-order valence-electron chi connectivity index (χ3n) is 5.13. The zero-order valence-corrected chi connectivity index (χ0v) is 16.0. The van der Waals surface area contributed by atoms with Gasteiger partial charge in [-0.3, -0.25) is 8.99 Å². The number of urea groups is 1. The highest BCUT2D eigenvalue weighted by molar-refractivity contribution is 7.93. The van der Waals surface area contributed by atoms with Crippen molar-refractivity contribution in [2.75, 3.05) is 16.6 Å². The molecule has 0 spiro atoms. The molecule has 0 radical (unpaired) electrons. The van der Waals surface area contributed by atoms with E-state index in [0.717, 1.165) is 11.3 Å². The summed E-state index contributed by atoms with van der Waals surface area (Å²) in [6.07, 6.45) is 2.22. The number of carbonyl (C=O) groups excluding carboxylic acids is 1. The summed E-state index contributed by atoms with van der Waals surface area (Å²) in [5.74, 6) is 0.162. The molecule has 8 nitrogen and oxygen atoms in total. The van der Waals surface area contributed by atoms with Crippen LogP contribution in [0.2, 0.25) is 0 Å². The molecule has 1 aromatic carbocycles. The van der Waals surface area contributed by atoms with Crippen LogP contribution >= 0.6 is 0 Å². The van der Waals surface area contributed by atoms with Gasteiger partial charge in [0.15, 0.2) is 0 Å². The number of anilines is 1. The number of sulfonamides is 1. The lowest BCUT2D eigenvalue weighted by molar-refractivity contribution is 0.149. The number of fused-ring (bicyclic) bond motifs is 1. The van der Waals surface area contributed by atoms with E-state index in [1.165, 1.54) is 4.31 Å². The van der Waals surface area contributed by atoms with Crippen LogP contribution in [-0.4, -0.2) is 47.5 Å². The Morgan fingerprint density at radius 2 is 2.11 bits per heavy atom. The van der Waals surface area contributed by atoms with Gasteiger partial charge in [-0.25, -0.2) is 13.2 Å². The van der Waals surface area contributed by atoms with Crippen molar-refractivity contribution in [2.24, 2.45) is 0 Å². The normalized spacial score (nSPS) is 21.1. The van der Waals surface area contributed by atoms with Crippen LogP contribution in [0, 0.1) is 0 Å². The zero-order chi connectivity index (χ0) is 19.0. The standard InChI is InChI=1S/C18H23N5O3S.H2/c1-14-12-22-17(16(11-20-22)23-8-5-9-27(23,25)26)13-21(14)18(24)19-10-15-6-3-2-4-7-15;/h2-4,6-7,11,14H,5,8-10,12-13H2,1H3,(H,19,24);1H/t14-;/m0./s1. The molecule has 1 saturated heterocycles. The van der Waals surface area contributed by atoms with Crippen LogP contribution in [-0.2, 0) is 29.7 Å². The Labute approximate surface area is 160 Å². The summed E-state index contributed by atoms with van der Waals surface area (Å²) in [5, 5.41) is 7.31. The summed E-state index contributed by atoms with van der Waals surface area (Å²) in [6, 6.07) is 9.55. The summed E-state index contributed by atoms with van der Waals surface area (Å²) in [6.45, 7) is 3.77. The molecule has 4 rings (SSSR count). The highest BCUT2D eigenvalue weighted by Crippen LogP contribution is 2.31. The number of benzene rings is 1. The second-order valence-electron chi connectivity index (χ2n) is 7.02. The van der Waals surface area contributed by atoms with Crippen LogP contribution in [0.1, 0.15) is 26.0 Å². The molecule has 2 amide bonds. The van der Waals surface area contributed by atoms with Crippen LogP contribution in [0.3, 0.4) is 0 Å². The maximum absolute atomic E-state index is 12.7. The van der Waals surface area contributed by atoms with Gasteiger partial charge in [-0.1, -0.05) is 30.3 Å². The van der Waals surface area contributed by atoms with Crippen molar-refractivity contribution < 1.29 is 14.6 Å². The van der Waals surface area contributed by atoms with Gasteiger partial charge >= 0.3 is 6.03 Å². The van der Waals surface area contributed by atoms with E-state index in [2.05, 4.69) is 10.4 Å². The molecule has 9 heteroatoms. The molecule has 0 aliphatic carbocycles. The summed E-state index contributed by atoms with van der Waals surface area (Å²) < 4.78 is 27.8. The number of amides is 2. The molecule has 0 unspecified atom stereocenters. The van der Waals surface area contributed by atoms with E-state index in [4.69, 9.17) is 0 Å². The zero-order valence-electron chi connectivity index (χ0n) is 15.2. The first kappa shape index (κ1) is 17.8. The van der Waals surface area contributed by atoms with Gasteiger partial charge < -0.3 is 10.2 Å². The lowest BCUT2D eigenvalue weighted by atomic mass is 10.2. The van der Waals surface area contributed by atoms with Crippen LogP contribution in [0.25, 0.3) is 0 Å². The minimum absolute atomic E-state index is 0. The van der Waals surface area contributed by atoms with E-state index < -0.39 is 10.0 Å². The minimum Gasteiger partial charge on any atom is -0.334 e. The maximum Gasteiger partial charge on any atom is 0.318 e. The van der Waals surface area contributed by atoms with Crippen LogP contribution in [0.4, 0.5) is 10.5 Å². The summed E-state index contributed by atoms with van der Waals surface area (Å²) >= 11 is 0. The van der Waals surface area contributed by atoms with E-state index in [0.29, 0.717) is 38.3 Å². The number of hydrogen-bond acceptors (Lipinski definition) is 4. The molecular formula is C18H25N5O3S. The molecule has 27 heavy (non-hydrogen) atoms. The number of aromatic nitrogens is 2. The van der Waals surface area contributed by atoms with E-state index in [1.807, 2.05) is 41.9 Å². The van der Waals surface area contributed by atoms with Gasteiger partial charge in [0, 0.05) is 14.5 Å². The monoisotopic (exact) mass is 391 g/mol. The van der Waals surface area contributed by atoms with Gasteiger partial charge in [0.2, 0.25) is 10.0 Å². The number of nitrogens with zero attached hydrogens (tertiary/aromatic N) is 4. The average molecular weight is 391 g/mol. The van der Waals surface area contributed by atoms with Crippen molar-refractivity contribution >= 4 is 21.7 Å². The van der Waals surface area contributed by atoms with E-state index in [1.54, 1.807) is 11.1 Å². The largest absolute Gasteiger partial charge is 0.334 e. The third kappa shape index (κ3) is 3.39. The highest BCUT2D eigenvalue weighted by Gasteiger charge is 2.35. The average Bonchev–Trinajstić information content (AvgIpc) is 3.21. The lowest BCUT2D eigenvalue weighted by Crippen LogP contribution is -2.49. The SMILES string of the molecule is C[C@H]1Cn2ncc(N3CCCS3(=O)=O)c2CN1C(=O)NCc1ccccc1.[HH]. The molecule has 0 bridgehead atoms. The summed E-state index contributed by atoms with van der Waals surface area (Å²) in [4.78, 5) is 14.5. The smallest absolute Gasteiger partial charge is 0.318 e. The molecule has 1 N–H and O–H groups in total. The number of hydrogen-bond donors (Lipinski definition) is 1. The minimum atomic E-state index is -3.28. The highest BCUT2D eigenvalue weighted by atomic mass is 32.2. The maximum atomic E-state index is 12.7. The topological polar surface area (TPSA) is 87.5 Å². The molecule has 0 saturated carbocycles. The third-order valence-corrected chi connectivity index (χ3v) is 6.99. The van der Waals surface area contributed by atoms with E-state index in [9.17, 15) is 13.2 Å². The fourth-order valence-electron chi connectivity index (χ4n) is 3.65. The number of rotatable bonds is 3. The summed E-state index contributed by atoms with van der Waals surface area (Å²) in [5.41, 5.74) is 2.40. The van der Waals surface area contributed by atoms with Gasteiger partial charge in [-0.05, 0) is 18.9 Å². The first-order valence-electron chi connectivity index (χ1n) is 9.09. The fraction of sp³-hybridized carbons (Fsp3) is 0.444. The molecule has 1 atom stereocenters. The Morgan fingerprint density at radius 3 is 2.81 bits per heavy atom. The second-order valence-corrected chi connectivity index (χ2v) is 9.03. The molecular weight excluding hydrogens is 366 g/mol. The lowest BCUT2D eigenvalue weighted by Gasteiger charge is -2.35. The van der Waals surface area contributed by atoms with Gasteiger partial charge in [-0.15, -0.1) is 0 Å². The van der Waals surface area contributed by atoms with Gasteiger partial charge in [-0.2, -0.15) is 5.10 Å². The predicted octanol–water partition coefficient (Wildman–Crippen LogP) is 1.78. The first-order valence-corrected chi connectivity index (χ1v) is 10.7. The number of nitrogens with one attached hydrogen (secondary N) is 1. The van der Waals surface area contributed by atoms with E-state index in [-0.39, 0.29) is 19.3 Å². The number of carbonyl (C=O) groups is 1. The van der Waals surface area contributed by atoms with Gasteiger partial charge in [0.25, 0.3) is 0 Å². The van der Waals surface area contributed by atoms with Crippen molar-refractivity contribution in [1.29, 1.82) is 0 Å². The van der Waals surface area contributed by atoms with Gasteiger partial charge in [0.1, 0.15) is 0 Å². The fourth-order valence-corrected chi connectivity index (χ4v) is 5.23. The van der Waals surface area contributed by atoms with Crippen molar-refractivity contribution in [2.45, 2.75) is 39.0 Å². The second kappa shape index (κ2) is 6.88. The molecule has 2 aliphatic rings. The Bertz CT molecular complexity index is 947. The molecule has 2 aliphatic heterocycles. The predicted molar refractivity (Wildman–Crippen MR) is 104 cm³/mol. The first-order chi connectivity index (χ1) is 13.0.